The quantitative estimate of drug-likeness (QED) is 0.394. The van der Waals surface area contributed by atoms with E-state index in [-0.39, 0.29) is 5.91 Å². The maximum atomic E-state index is 10.3. The third kappa shape index (κ3) is 6.94. The maximum Gasteiger partial charge on any atom is 0.216 e. The molecular formula is C6H12N2O2. The summed E-state index contributed by atoms with van der Waals surface area (Å²) in [7, 11) is 0. The van der Waals surface area contributed by atoms with Crippen molar-refractivity contribution < 1.29 is 9.59 Å². The second-order valence-electron chi connectivity index (χ2n) is 1.91. The third-order valence-electron chi connectivity index (χ3n) is 0.955. The number of carbonyl (C=O) groups is 2. The first-order chi connectivity index (χ1) is 4.77. The second-order valence-corrected chi connectivity index (χ2v) is 1.91. The molecule has 2 amide bonds. The molecular weight excluding hydrogens is 132 g/mol. The van der Waals surface area contributed by atoms with E-state index in [9.17, 15) is 9.59 Å². The van der Waals surface area contributed by atoms with Crippen LogP contribution in [0.1, 0.15) is 13.3 Å². The van der Waals surface area contributed by atoms with Crippen LogP contribution in [0.15, 0.2) is 0 Å². The van der Waals surface area contributed by atoms with Crippen molar-refractivity contribution in [3.63, 3.8) is 0 Å². The summed E-state index contributed by atoms with van der Waals surface area (Å²) < 4.78 is 0. The van der Waals surface area contributed by atoms with Gasteiger partial charge in [-0.1, -0.05) is 0 Å². The monoisotopic (exact) mass is 144 g/mol. The first kappa shape index (κ1) is 8.94. The van der Waals surface area contributed by atoms with Crippen molar-refractivity contribution in [1.82, 2.24) is 10.6 Å². The van der Waals surface area contributed by atoms with Crippen molar-refractivity contribution in [3.05, 3.63) is 0 Å². The van der Waals surface area contributed by atoms with Gasteiger partial charge in [0.15, 0.2) is 0 Å². The van der Waals surface area contributed by atoms with Crippen molar-refractivity contribution in [2.75, 3.05) is 13.1 Å². The van der Waals surface area contributed by atoms with E-state index in [2.05, 4.69) is 10.6 Å². The number of hydrogen-bond acceptors (Lipinski definition) is 2. The molecule has 0 spiro atoms. The largest absolute Gasteiger partial charge is 0.359 e. The standard InChI is InChI=1S/C6H12N2O2/c1-6(10)8-4-2-3-7-5-9/h5H,2-4H2,1H3,(H,7,9)(H,8,10). The normalized spacial score (nSPS) is 8.50. The fraction of sp³-hybridized carbons (Fsp3) is 0.667. The lowest BCUT2D eigenvalue weighted by atomic mass is 10.4. The fourth-order valence-corrected chi connectivity index (χ4v) is 0.514. The SMILES string of the molecule is CC(=O)NCCCNC=O. The molecule has 0 aliphatic heterocycles. The van der Waals surface area contributed by atoms with Crippen LogP contribution in [0.2, 0.25) is 0 Å². The minimum absolute atomic E-state index is 0.0360. The minimum Gasteiger partial charge on any atom is -0.359 e. The molecule has 0 rings (SSSR count). The summed E-state index contributed by atoms with van der Waals surface area (Å²) in [4.78, 5) is 20.0. The van der Waals surface area contributed by atoms with Crippen LogP contribution in [0.5, 0.6) is 0 Å². The lowest BCUT2D eigenvalue weighted by Gasteiger charge is -1.99. The van der Waals surface area contributed by atoms with Gasteiger partial charge in [-0.05, 0) is 6.42 Å². The van der Waals surface area contributed by atoms with E-state index >= 15 is 0 Å². The van der Waals surface area contributed by atoms with Gasteiger partial charge in [0.05, 0.1) is 0 Å². The molecule has 2 N–H and O–H groups in total. The van der Waals surface area contributed by atoms with Gasteiger partial charge in [0.1, 0.15) is 0 Å². The van der Waals surface area contributed by atoms with Crippen LogP contribution in [0.25, 0.3) is 0 Å². The lowest BCUT2D eigenvalue weighted by Crippen LogP contribution is -2.24. The summed E-state index contributed by atoms with van der Waals surface area (Å²) in [5.74, 6) is -0.0360. The predicted octanol–water partition coefficient (Wildman–Crippen LogP) is -0.741. The van der Waals surface area contributed by atoms with E-state index in [0.717, 1.165) is 6.42 Å². The van der Waals surface area contributed by atoms with Crippen LogP contribution in [-0.2, 0) is 9.59 Å². The fourth-order valence-electron chi connectivity index (χ4n) is 0.514. The molecule has 10 heavy (non-hydrogen) atoms. The molecule has 0 aliphatic carbocycles. The molecule has 0 aliphatic rings. The molecule has 4 heteroatoms. The predicted molar refractivity (Wildman–Crippen MR) is 37.4 cm³/mol. The minimum atomic E-state index is -0.0360. The highest BCUT2D eigenvalue weighted by Crippen LogP contribution is 1.70. The maximum absolute atomic E-state index is 10.3. The van der Waals surface area contributed by atoms with Crippen molar-refractivity contribution in [2.24, 2.45) is 0 Å². The lowest BCUT2D eigenvalue weighted by molar-refractivity contribution is -0.118. The molecule has 58 valence electrons. The Hall–Kier alpha value is -1.06. The molecule has 0 aromatic carbocycles. The molecule has 0 radical (unpaired) electrons. The van der Waals surface area contributed by atoms with E-state index in [1.54, 1.807) is 0 Å². The molecule has 0 bridgehead atoms. The zero-order valence-corrected chi connectivity index (χ0v) is 6.02. The van der Waals surface area contributed by atoms with E-state index in [1.165, 1.54) is 6.92 Å². The summed E-state index contributed by atoms with van der Waals surface area (Å²) in [6.07, 6.45) is 1.42. The molecule has 0 heterocycles. The van der Waals surface area contributed by atoms with Crippen LogP contribution in [0, 0.1) is 0 Å². The average Bonchev–Trinajstić information content (AvgIpc) is 1.87. The highest BCUT2D eigenvalue weighted by Gasteiger charge is 1.88. The second kappa shape index (κ2) is 6.07. The molecule has 0 saturated carbocycles. The summed E-state index contributed by atoms with van der Waals surface area (Å²) in [6, 6.07) is 0. The number of nitrogens with one attached hydrogen (secondary N) is 2. The Morgan fingerprint density at radius 2 is 2.20 bits per heavy atom. The summed E-state index contributed by atoms with van der Waals surface area (Å²) in [6.45, 7) is 2.70. The Bertz CT molecular complexity index is 114. The van der Waals surface area contributed by atoms with Crippen LogP contribution < -0.4 is 10.6 Å². The van der Waals surface area contributed by atoms with Crippen LogP contribution in [0.3, 0.4) is 0 Å². The zero-order chi connectivity index (χ0) is 7.82. The molecule has 0 aromatic rings. The van der Waals surface area contributed by atoms with Crippen molar-refractivity contribution in [2.45, 2.75) is 13.3 Å². The summed E-state index contributed by atoms with van der Waals surface area (Å²) >= 11 is 0. The molecule has 4 nitrogen and oxygen atoms in total. The Morgan fingerprint density at radius 1 is 1.50 bits per heavy atom. The molecule has 0 unspecified atom stereocenters. The van der Waals surface area contributed by atoms with Crippen LogP contribution >= 0.6 is 0 Å². The van der Waals surface area contributed by atoms with E-state index in [1.807, 2.05) is 0 Å². The third-order valence-corrected chi connectivity index (χ3v) is 0.955. The van der Waals surface area contributed by atoms with Crippen LogP contribution in [-0.4, -0.2) is 25.4 Å². The molecule has 0 saturated heterocycles. The van der Waals surface area contributed by atoms with Gasteiger partial charge in [-0.3, -0.25) is 9.59 Å². The number of hydrogen-bond donors (Lipinski definition) is 2. The van der Waals surface area contributed by atoms with Crippen LogP contribution in [0.4, 0.5) is 0 Å². The van der Waals surface area contributed by atoms with E-state index in [4.69, 9.17) is 0 Å². The number of carbonyl (C=O) groups excluding carboxylic acids is 2. The van der Waals surface area contributed by atoms with Gasteiger partial charge in [-0.15, -0.1) is 0 Å². The van der Waals surface area contributed by atoms with Gasteiger partial charge in [0.2, 0.25) is 12.3 Å². The van der Waals surface area contributed by atoms with E-state index < -0.39 is 0 Å². The molecule has 0 fully saturated rings. The molecule has 0 atom stereocenters. The first-order valence-electron chi connectivity index (χ1n) is 3.19. The van der Waals surface area contributed by atoms with Crippen molar-refractivity contribution in [1.29, 1.82) is 0 Å². The van der Waals surface area contributed by atoms with Gasteiger partial charge in [0.25, 0.3) is 0 Å². The topological polar surface area (TPSA) is 58.2 Å². The van der Waals surface area contributed by atoms with E-state index in [0.29, 0.717) is 19.5 Å². The summed E-state index contributed by atoms with van der Waals surface area (Å²) in [5, 5.41) is 5.10. The highest BCUT2D eigenvalue weighted by molar-refractivity contribution is 5.72. The first-order valence-corrected chi connectivity index (χ1v) is 3.19. The Morgan fingerprint density at radius 3 is 2.70 bits per heavy atom. The van der Waals surface area contributed by atoms with Gasteiger partial charge < -0.3 is 10.6 Å². The van der Waals surface area contributed by atoms with Gasteiger partial charge in [-0.2, -0.15) is 0 Å². The van der Waals surface area contributed by atoms with Crippen molar-refractivity contribution in [3.8, 4) is 0 Å². The highest BCUT2D eigenvalue weighted by atomic mass is 16.1. The van der Waals surface area contributed by atoms with Gasteiger partial charge in [-0.25, -0.2) is 0 Å². The Labute approximate surface area is 60.0 Å². The van der Waals surface area contributed by atoms with Crippen molar-refractivity contribution >= 4 is 12.3 Å². The average molecular weight is 144 g/mol. The van der Waals surface area contributed by atoms with Gasteiger partial charge >= 0.3 is 0 Å². The Balaban J connectivity index is 2.90. The van der Waals surface area contributed by atoms with Gasteiger partial charge in [0, 0.05) is 20.0 Å². The smallest absolute Gasteiger partial charge is 0.216 e. The summed E-state index contributed by atoms with van der Waals surface area (Å²) in [5.41, 5.74) is 0. The number of amides is 2. The molecule has 0 aromatic heterocycles. The zero-order valence-electron chi connectivity index (χ0n) is 6.02. The Kier molecular flexibility index (Phi) is 5.42. The number of rotatable bonds is 5.